The predicted octanol–water partition coefficient (Wildman–Crippen LogP) is 4.21. The monoisotopic (exact) mass is 373 g/mol. The van der Waals surface area contributed by atoms with Gasteiger partial charge in [-0.05, 0) is 70.3 Å². The van der Waals surface area contributed by atoms with Crippen molar-refractivity contribution in [2.75, 3.05) is 26.2 Å². The van der Waals surface area contributed by atoms with E-state index in [-0.39, 0.29) is 5.91 Å². The van der Waals surface area contributed by atoms with Gasteiger partial charge in [0.15, 0.2) is 0 Å². The summed E-state index contributed by atoms with van der Waals surface area (Å²) < 4.78 is 2.23. The molecule has 3 rings (SSSR count). The quantitative estimate of drug-likeness (QED) is 0.738. The van der Waals surface area contributed by atoms with Gasteiger partial charge in [-0.25, -0.2) is 0 Å². The number of aryl methyl sites for hydroxylation is 1. The van der Waals surface area contributed by atoms with Gasteiger partial charge in [-0.2, -0.15) is 0 Å². The van der Waals surface area contributed by atoms with Crippen LogP contribution in [0, 0.1) is 13.8 Å². The molecule has 4 nitrogen and oxygen atoms in total. The highest BCUT2D eigenvalue weighted by atomic mass is 32.1. The molecule has 0 atom stereocenters. The number of hydrogen-bond acceptors (Lipinski definition) is 3. The minimum absolute atomic E-state index is 0.0615. The van der Waals surface area contributed by atoms with E-state index in [1.165, 1.54) is 43.6 Å². The van der Waals surface area contributed by atoms with Crippen molar-refractivity contribution in [2.45, 2.75) is 52.5 Å². The largest absolute Gasteiger partial charge is 0.352 e. The molecule has 1 aliphatic heterocycles. The Hall–Kier alpha value is -1.59. The molecule has 1 N–H and O–H groups in total. The summed E-state index contributed by atoms with van der Waals surface area (Å²) in [6, 6.07) is 6.24. The first-order valence-corrected chi connectivity index (χ1v) is 10.7. The van der Waals surface area contributed by atoms with Crippen molar-refractivity contribution in [3.8, 4) is 0 Å². The molecule has 3 heterocycles. The van der Waals surface area contributed by atoms with Crippen LogP contribution in [0.5, 0.6) is 0 Å². The molecular weight excluding hydrogens is 342 g/mol. The van der Waals surface area contributed by atoms with Gasteiger partial charge >= 0.3 is 0 Å². The molecule has 0 unspecified atom stereocenters. The molecule has 0 saturated carbocycles. The summed E-state index contributed by atoms with van der Waals surface area (Å²) in [6.07, 6.45) is 6.41. The lowest BCUT2D eigenvalue weighted by Gasteiger charge is -2.19. The SMILES string of the molecule is Cc1cc(C(=O)NCCCN2CCCCCC2)c(C)n1Cc1cccs1. The van der Waals surface area contributed by atoms with Gasteiger partial charge in [-0.3, -0.25) is 4.79 Å². The van der Waals surface area contributed by atoms with Gasteiger partial charge in [0.25, 0.3) is 5.91 Å². The first-order chi connectivity index (χ1) is 12.6. The standard InChI is InChI=1S/C21H31N3OS/c1-17-15-20(18(2)24(17)16-19-9-7-14-26-19)21(25)22-10-8-13-23-11-5-3-4-6-12-23/h7,9,14-15H,3-6,8,10-13,16H2,1-2H3,(H,22,25). The van der Waals surface area contributed by atoms with Crippen LogP contribution in [0.2, 0.25) is 0 Å². The fraction of sp³-hybridized carbons (Fsp3) is 0.571. The van der Waals surface area contributed by atoms with Crippen molar-refractivity contribution in [1.29, 1.82) is 0 Å². The summed E-state index contributed by atoms with van der Waals surface area (Å²) in [5, 5.41) is 5.22. The molecule has 0 bridgehead atoms. The Labute approximate surface area is 161 Å². The summed E-state index contributed by atoms with van der Waals surface area (Å²) in [7, 11) is 0. The zero-order valence-electron chi connectivity index (χ0n) is 16.1. The van der Waals surface area contributed by atoms with Gasteiger partial charge < -0.3 is 14.8 Å². The second kappa shape index (κ2) is 9.38. The molecule has 0 spiro atoms. The minimum atomic E-state index is 0.0615. The number of amides is 1. The van der Waals surface area contributed by atoms with Gasteiger partial charge in [0, 0.05) is 22.8 Å². The smallest absolute Gasteiger partial charge is 0.253 e. The van der Waals surface area contributed by atoms with Crippen LogP contribution in [0.4, 0.5) is 0 Å². The zero-order valence-corrected chi connectivity index (χ0v) is 16.9. The zero-order chi connectivity index (χ0) is 18.4. The average molecular weight is 374 g/mol. The van der Waals surface area contributed by atoms with Crippen LogP contribution in [0.1, 0.15) is 58.7 Å². The highest BCUT2D eigenvalue weighted by Gasteiger charge is 2.16. The van der Waals surface area contributed by atoms with Crippen molar-refractivity contribution >= 4 is 17.2 Å². The fourth-order valence-corrected chi connectivity index (χ4v) is 4.48. The van der Waals surface area contributed by atoms with Gasteiger partial charge in [0.1, 0.15) is 0 Å². The summed E-state index contributed by atoms with van der Waals surface area (Å²) in [4.78, 5) is 16.5. The van der Waals surface area contributed by atoms with Crippen LogP contribution in [0.3, 0.4) is 0 Å². The van der Waals surface area contributed by atoms with Gasteiger partial charge in [0.05, 0.1) is 12.1 Å². The number of thiophene rings is 1. The third kappa shape index (κ3) is 4.98. The van der Waals surface area contributed by atoms with Crippen LogP contribution < -0.4 is 5.32 Å². The highest BCUT2D eigenvalue weighted by molar-refractivity contribution is 7.09. The Balaban J connectivity index is 1.50. The number of carbonyl (C=O) groups is 1. The summed E-state index contributed by atoms with van der Waals surface area (Å²) >= 11 is 1.76. The van der Waals surface area contributed by atoms with E-state index in [4.69, 9.17) is 0 Å². The van der Waals surface area contributed by atoms with Gasteiger partial charge in [-0.1, -0.05) is 18.9 Å². The molecule has 142 valence electrons. The van der Waals surface area contributed by atoms with Crippen LogP contribution in [-0.4, -0.2) is 41.6 Å². The number of aromatic nitrogens is 1. The van der Waals surface area contributed by atoms with Crippen LogP contribution in [-0.2, 0) is 6.54 Å². The molecule has 1 fully saturated rings. The number of nitrogens with one attached hydrogen (secondary N) is 1. The van der Waals surface area contributed by atoms with E-state index < -0.39 is 0 Å². The number of carbonyl (C=O) groups excluding carboxylic acids is 1. The molecular formula is C21H31N3OS. The Morgan fingerprint density at radius 2 is 1.96 bits per heavy atom. The maximum Gasteiger partial charge on any atom is 0.253 e. The maximum absolute atomic E-state index is 12.6. The fourth-order valence-electron chi connectivity index (χ4n) is 3.79. The summed E-state index contributed by atoms with van der Waals surface area (Å²) in [6.45, 7) is 9.26. The molecule has 0 aliphatic carbocycles. The normalized spacial score (nSPS) is 15.8. The number of rotatable bonds is 7. The van der Waals surface area contributed by atoms with Crippen molar-refractivity contribution in [3.63, 3.8) is 0 Å². The van der Waals surface area contributed by atoms with E-state index in [0.29, 0.717) is 0 Å². The third-order valence-electron chi connectivity index (χ3n) is 5.35. The second-order valence-electron chi connectivity index (χ2n) is 7.32. The first-order valence-electron chi connectivity index (χ1n) is 9.85. The molecule has 2 aromatic heterocycles. The number of likely N-dealkylation sites (tertiary alicyclic amines) is 1. The van der Waals surface area contributed by atoms with Crippen molar-refractivity contribution in [1.82, 2.24) is 14.8 Å². The van der Waals surface area contributed by atoms with Gasteiger partial charge in [-0.15, -0.1) is 11.3 Å². The lowest BCUT2D eigenvalue weighted by atomic mass is 10.2. The van der Waals surface area contributed by atoms with E-state index in [0.717, 1.165) is 43.0 Å². The summed E-state index contributed by atoms with van der Waals surface area (Å²) in [5.74, 6) is 0.0615. The summed E-state index contributed by atoms with van der Waals surface area (Å²) in [5.41, 5.74) is 3.01. The molecule has 1 amide bonds. The lowest BCUT2D eigenvalue weighted by Crippen LogP contribution is -2.30. The van der Waals surface area contributed by atoms with E-state index in [1.807, 2.05) is 13.0 Å². The molecule has 5 heteroatoms. The Morgan fingerprint density at radius 3 is 2.65 bits per heavy atom. The van der Waals surface area contributed by atoms with E-state index >= 15 is 0 Å². The number of hydrogen-bond donors (Lipinski definition) is 1. The third-order valence-corrected chi connectivity index (χ3v) is 6.21. The molecule has 26 heavy (non-hydrogen) atoms. The molecule has 0 radical (unpaired) electrons. The Morgan fingerprint density at radius 1 is 1.19 bits per heavy atom. The van der Waals surface area contributed by atoms with Crippen LogP contribution in [0.25, 0.3) is 0 Å². The van der Waals surface area contributed by atoms with E-state index in [9.17, 15) is 4.79 Å². The number of nitrogens with zero attached hydrogens (tertiary/aromatic N) is 2. The topological polar surface area (TPSA) is 37.3 Å². The first kappa shape index (κ1) is 19.2. The van der Waals surface area contributed by atoms with Crippen molar-refractivity contribution in [2.24, 2.45) is 0 Å². The van der Waals surface area contributed by atoms with Gasteiger partial charge in [0.2, 0.25) is 0 Å². The van der Waals surface area contributed by atoms with Crippen LogP contribution in [0.15, 0.2) is 23.6 Å². The average Bonchev–Trinajstić information content (AvgIpc) is 3.14. The molecule has 0 aromatic carbocycles. The molecule has 2 aromatic rings. The Kier molecular flexibility index (Phi) is 6.92. The highest BCUT2D eigenvalue weighted by Crippen LogP contribution is 2.19. The van der Waals surface area contributed by atoms with Crippen LogP contribution >= 0.6 is 11.3 Å². The predicted molar refractivity (Wildman–Crippen MR) is 109 cm³/mol. The second-order valence-corrected chi connectivity index (χ2v) is 8.35. The Bertz CT molecular complexity index is 697. The maximum atomic E-state index is 12.6. The lowest BCUT2D eigenvalue weighted by molar-refractivity contribution is 0.0951. The van der Waals surface area contributed by atoms with Crippen molar-refractivity contribution < 1.29 is 4.79 Å². The minimum Gasteiger partial charge on any atom is -0.352 e. The molecule has 1 saturated heterocycles. The van der Waals surface area contributed by atoms with E-state index in [1.54, 1.807) is 11.3 Å². The molecule has 1 aliphatic rings. The van der Waals surface area contributed by atoms with Crippen molar-refractivity contribution in [3.05, 3.63) is 45.4 Å². The van der Waals surface area contributed by atoms with E-state index in [2.05, 4.69) is 39.2 Å².